The van der Waals surface area contributed by atoms with Crippen LogP contribution in [0.25, 0.3) is 22.4 Å². The minimum absolute atomic E-state index is 0.0521. The van der Waals surface area contributed by atoms with Crippen molar-refractivity contribution in [1.29, 1.82) is 0 Å². The maximum absolute atomic E-state index is 18.3. The van der Waals surface area contributed by atoms with Gasteiger partial charge in [-0.15, -0.1) is 0 Å². The Bertz CT molecular complexity index is 2830. The lowest BCUT2D eigenvalue weighted by molar-refractivity contribution is -0.220. The van der Waals surface area contributed by atoms with Crippen molar-refractivity contribution >= 4 is 24.0 Å². The average Bonchev–Trinajstić information content (AvgIpc) is 4.06. The summed E-state index contributed by atoms with van der Waals surface area (Å²) in [6, 6.07) is 3.79. The van der Waals surface area contributed by atoms with Crippen molar-refractivity contribution in [2.75, 3.05) is 34.0 Å². The number of ether oxygens (including phenoxy) is 3. The number of alkyl carbamates (subject to hydrolysis) is 2. The molecule has 3 fully saturated rings. The smallest absolute Gasteiger partial charge is 0.407 e. The number of carbonyl (C=O) groups excluding carboxylic acids is 4. The number of piperidine rings is 1. The molecule has 6 bridgehead atoms. The number of benzene rings is 2. The average molecular weight is 1110 g/mol. The number of hydrogen-bond donors (Lipinski definition) is 5. The molecule has 3 saturated heterocycles. The van der Waals surface area contributed by atoms with Gasteiger partial charge in [-0.25, -0.2) is 36.8 Å². The lowest BCUT2D eigenvalue weighted by atomic mass is 9.72. The number of carbonyl (C=O) groups is 4. The van der Waals surface area contributed by atoms with E-state index in [0.29, 0.717) is 56.0 Å². The topological polar surface area (TPSA) is 202 Å². The number of aromatic nitrogens is 3. The van der Waals surface area contributed by atoms with Gasteiger partial charge < -0.3 is 35.3 Å². The molecule has 424 valence electrons. The fourth-order valence-electron chi connectivity index (χ4n) is 10.9. The van der Waals surface area contributed by atoms with Crippen molar-refractivity contribution in [1.82, 2.24) is 46.0 Å². The second-order valence-electron chi connectivity index (χ2n) is 21.3. The summed E-state index contributed by atoms with van der Waals surface area (Å²) in [5.74, 6) is -10.2. The maximum Gasteiger partial charge on any atom is 0.407 e. The molecule has 7 heterocycles. The van der Waals surface area contributed by atoms with Gasteiger partial charge in [0.2, 0.25) is 5.91 Å². The van der Waals surface area contributed by atoms with Crippen LogP contribution in [0.2, 0.25) is 0 Å². The van der Waals surface area contributed by atoms with Crippen molar-refractivity contribution in [2.24, 2.45) is 10.8 Å². The van der Waals surface area contributed by atoms with Gasteiger partial charge in [0, 0.05) is 65.7 Å². The van der Waals surface area contributed by atoms with Gasteiger partial charge >= 0.3 is 24.9 Å². The van der Waals surface area contributed by atoms with E-state index in [2.05, 4.69) is 30.8 Å². The number of fused-ring (bicyclic) bond motifs is 13. The van der Waals surface area contributed by atoms with E-state index < -0.39 is 126 Å². The Balaban J connectivity index is 1.25. The highest BCUT2D eigenvalue weighted by molar-refractivity contribution is 5.87. The maximum atomic E-state index is 18.3. The van der Waals surface area contributed by atoms with Gasteiger partial charge in [-0.1, -0.05) is 38.1 Å². The Morgan fingerprint density at radius 1 is 0.897 bits per heavy atom. The second kappa shape index (κ2) is 22.3. The monoisotopic (exact) mass is 1110 g/mol. The van der Waals surface area contributed by atoms with Gasteiger partial charge in [-0.2, -0.15) is 27.1 Å². The number of alkyl halides is 7. The van der Waals surface area contributed by atoms with E-state index in [9.17, 15) is 46.2 Å². The largest absolute Gasteiger partial charge is 0.453 e. The molecule has 2 unspecified atom stereocenters. The molecule has 0 saturated carbocycles. The first kappa shape index (κ1) is 57.7. The van der Waals surface area contributed by atoms with Crippen LogP contribution in [0.5, 0.6) is 0 Å². The third-order valence-electron chi connectivity index (χ3n) is 15.7. The fraction of sp³-hybridized carbons (Fsp3) is 0.538. The first-order valence-electron chi connectivity index (χ1n) is 25.1. The van der Waals surface area contributed by atoms with Crippen LogP contribution in [0.4, 0.5) is 49.1 Å². The van der Waals surface area contributed by atoms with Crippen molar-refractivity contribution in [3.05, 3.63) is 94.9 Å². The molecule has 0 radical (unpaired) electrons. The van der Waals surface area contributed by atoms with Crippen LogP contribution < -0.4 is 21.4 Å². The summed E-state index contributed by atoms with van der Waals surface area (Å²) < 4.78 is 155. The molecule has 6 atom stereocenters. The first-order valence-corrected chi connectivity index (χ1v) is 25.1. The van der Waals surface area contributed by atoms with Gasteiger partial charge in [-0.05, 0) is 81.3 Å². The number of hydrazine groups is 1. The molecular formula is C52H60F9N9O8. The Morgan fingerprint density at radius 3 is 2.08 bits per heavy atom. The molecule has 4 aromatic rings. The summed E-state index contributed by atoms with van der Waals surface area (Å²) in [7, 11) is 1.76. The summed E-state index contributed by atoms with van der Waals surface area (Å²) in [6.45, 7) is -0.744. The van der Waals surface area contributed by atoms with Gasteiger partial charge in [0.1, 0.15) is 23.7 Å². The van der Waals surface area contributed by atoms with Crippen LogP contribution in [-0.2, 0) is 42.7 Å². The van der Waals surface area contributed by atoms with E-state index in [-0.39, 0.29) is 45.3 Å². The molecule has 78 heavy (non-hydrogen) atoms. The van der Waals surface area contributed by atoms with Gasteiger partial charge in [0.15, 0.2) is 0 Å². The standard InChI is InChI=1S/C52H60F9N9O8/c1-49(2)43(65-48(75)77-6)45(73)67-68(22-34-36(53)19-28(20-37(34)54)38-13-14-69(66-38)46(55)56)23-40(71)39(63-44(72)42(64-47(74)76-5)50(3,4)52(59,60)61)15-26-7-9-27(10-8-26)30-18-35(51(49,57)58)41(62-21-30)29-16-31-11-12-32(17-29)70(31)33-24-78-25-33/h7-10,13-14,18-21,29,31-33,39-40,42-43,46,71H,11-12,15-17,22-25H2,1-6H3,(H,63,72)(H,64,74)(H,65,75)(H,67,73)/t29?,31?,32?,39-,40-,42+,43+/m0/s1. The summed E-state index contributed by atoms with van der Waals surface area (Å²) in [4.78, 5) is 61.8. The number of amides is 4. The SMILES string of the molecule is COC(=O)N[C@H](C(=O)N[C@H]1Cc2ccc(cc2)-c2cnc(C3CC4CCC(C3)N4C3COC3)c(c2)C(F)(F)C(C)(C)[C@H](NC(=O)OC)C(=O)NN(Cc2c(F)cc(-c3ccn(C(F)F)n3)cc2F)C[C@@H]1O)C(C)(C)C(F)(F)F. The number of rotatable bonds is 11. The number of hydrogen-bond acceptors (Lipinski definition) is 12. The highest BCUT2D eigenvalue weighted by atomic mass is 19.4. The van der Waals surface area contributed by atoms with Crippen LogP contribution >= 0.6 is 0 Å². The van der Waals surface area contributed by atoms with E-state index >= 15 is 17.6 Å². The molecule has 0 spiro atoms. The van der Waals surface area contributed by atoms with E-state index in [1.807, 2.05) is 5.32 Å². The zero-order chi connectivity index (χ0) is 56.8. The van der Waals surface area contributed by atoms with Crippen molar-refractivity contribution in [3.63, 3.8) is 0 Å². The molecule has 26 heteroatoms. The van der Waals surface area contributed by atoms with Crippen molar-refractivity contribution < 1.29 is 78.0 Å². The Labute approximate surface area is 442 Å². The summed E-state index contributed by atoms with van der Waals surface area (Å²) in [6.07, 6.45) is -5.43. The van der Waals surface area contributed by atoms with Gasteiger partial charge in [-0.3, -0.25) is 24.9 Å². The zero-order valence-corrected chi connectivity index (χ0v) is 43.3. The molecular weight excluding hydrogens is 1050 g/mol. The normalized spacial score (nSPS) is 24.4. The van der Waals surface area contributed by atoms with Crippen LogP contribution in [0.1, 0.15) is 88.2 Å². The third-order valence-corrected chi connectivity index (χ3v) is 15.7. The van der Waals surface area contributed by atoms with Gasteiger partial charge in [0.25, 0.3) is 11.8 Å². The lowest BCUT2D eigenvalue weighted by Gasteiger charge is -2.47. The summed E-state index contributed by atoms with van der Waals surface area (Å²) in [5.41, 5.74) is -4.38. The molecule has 2 aromatic heterocycles. The van der Waals surface area contributed by atoms with Crippen LogP contribution in [-0.4, -0.2) is 136 Å². The van der Waals surface area contributed by atoms with E-state index in [1.54, 1.807) is 0 Å². The fourth-order valence-corrected chi connectivity index (χ4v) is 10.9. The molecule has 5 N–H and O–H groups in total. The summed E-state index contributed by atoms with van der Waals surface area (Å²) in [5, 5.41) is 22.9. The summed E-state index contributed by atoms with van der Waals surface area (Å²) >= 11 is 0. The van der Waals surface area contributed by atoms with Crippen LogP contribution in [0.3, 0.4) is 0 Å². The number of nitrogens with one attached hydrogen (secondary N) is 4. The van der Waals surface area contributed by atoms with Crippen LogP contribution in [0, 0.1) is 22.5 Å². The lowest BCUT2D eigenvalue weighted by Crippen LogP contribution is -2.63. The molecule has 5 aliphatic rings. The number of halogens is 9. The Morgan fingerprint density at radius 2 is 1.53 bits per heavy atom. The second-order valence-corrected chi connectivity index (χ2v) is 21.3. The van der Waals surface area contributed by atoms with E-state index in [0.717, 1.165) is 65.3 Å². The number of aliphatic hydroxyl groups is 1. The molecule has 2 aromatic carbocycles. The molecule has 5 aliphatic heterocycles. The third kappa shape index (κ3) is 11.5. The minimum Gasteiger partial charge on any atom is -0.453 e. The van der Waals surface area contributed by atoms with Crippen molar-refractivity contribution in [2.45, 2.75) is 133 Å². The molecule has 0 aliphatic carbocycles. The molecule has 17 nitrogen and oxygen atoms in total. The Kier molecular flexibility index (Phi) is 16.5. The van der Waals surface area contributed by atoms with E-state index in [1.165, 1.54) is 36.5 Å². The first-order chi connectivity index (χ1) is 36.6. The number of nitrogens with zero attached hydrogens (tertiary/aromatic N) is 5. The highest BCUT2D eigenvalue weighted by Crippen LogP contribution is 2.53. The quantitative estimate of drug-likeness (QED) is 0.0929. The number of pyridine rings is 1. The highest BCUT2D eigenvalue weighted by Gasteiger charge is 2.59. The van der Waals surface area contributed by atoms with Crippen molar-refractivity contribution in [3.8, 4) is 22.4 Å². The van der Waals surface area contributed by atoms with Crippen LogP contribution in [0.15, 0.2) is 60.9 Å². The number of aliphatic hydroxyl groups excluding tert-OH is 1. The predicted octanol–water partition coefficient (Wildman–Crippen LogP) is 7.49. The molecule has 4 amide bonds. The van der Waals surface area contributed by atoms with E-state index in [4.69, 9.17) is 14.5 Å². The number of methoxy groups -OCH3 is 2. The minimum atomic E-state index is -5.13. The molecule has 9 rings (SSSR count). The zero-order valence-electron chi connectivity index (χ0n) is 43.3. The predicted molar refractivity (Wildman–Crippen MR) is 260 cm³/mol. The Hall–Kier alpha value is -6.51. The van der Waals surface area contributed by atoms with Gasteiger partial charge in [0.05, 0.1) is 67.8 Å².